The molecule has 0 bridgehead atoms. The van der Waals surface area contributed by atoms with E-state index in [1.807, 2.05) is 30.3 Å². The smallest absolute Gasteiger partial charge is 0.332 e. The molecule has 0 aliphatic carbocycles. The van der Waals surface area contributed by atoms with Crippen molar-refractivity contribution in [1.82, 2.24) is 18.5 Å². The quantitative estimate of drug-likeness (QED) is 0.491. The Bertz CT molecular complexity index is 1210. The van der Waals surface area contributed by atoms with Crippen molar-refractivity contribution in [2.24, 2.45) is 7.05 Å². The zero-order valence-electron chi connectivity index (χ0n) is 15.5. The van der Waals surface area contributed by atoms with Gasteiger partial charge < -0.3 is 4.42 Å². The summed E-state index contributed by atoms with van der Waals surface area (Å²) < 4.78 is 10.2. The number of nitrogens with zero attached hydrogens (tertiary/aromatic N) is 4. The number of benzene rings is 1. The summed E-state index contributed by atoms with van der Waals surface area (Å²) in [7, 11) is 1.64. The highest BCUT2D eigenvalue weighted by molar-refractivity contribution is 5.76. The average Bonchev–Trinajstić information content (AvgIpc) is 3.24. The molecule has 0 radical (unpaired) electrons. The first kappa shape index (κ1) is 17.3. The molecule has 3 heterocycles. The molecule has 0 amide bonds. The standard InChI is InChI=1S/C20H22N4O3/c1-3-4-5-9-12-23-18(25)16-17(22(2)20(23)26)21-19-24(16)13-15(27-19)14-10-7-6-8-11-14/h6-8,10-11,13H,3-5,9,12H2,1-2H3. The topological polar surface area (TPSA) is 74.4 Å². The van der Waals surface area contributed by atoms with Crippen LogP contribution in [0.5, 0.6) is 0 Å². The Hall–Kier alpha value is -3.09. The Labute approximate surface area is 155 Å². The van der Waals surface area contributed by atoms with Gasteiger partial charge in [0, 0.05) is 19.2 Å². The highest BCUT2D eigenvalue weighted by Gasteiger charge is 2.19. The van der Waals surface area contributed by atoms with Crippen LogP contribution in [0.3, 0.4) is 0 Å². The molecule has 7 heteroatoms. The molecular formula is C20H22N4O3. The number of aryl methyl sites for hydroxylation is 1. The molecular weight excluding hydrogens is 344 g/mol. The summed E-state index contributed by atoms with van der Waals surface area (Å²) in [5.74, 6) is 0.933. The second-order valence-electron chi connectivity index (χ2n) is 6.76. The van der Waals surface area contributed by atoms with Crippen molar-refractivity contribution in [3.63, 3.8) is 0 Å². The van der Waals surface area contributed by atoms with E-state index in [2.05, 4.69) is 11.9 Å². The van der Waals surface area contributed by atoms with E-state index >= 15 is 0 Å². The summed E-state index contributed by atoms with van der Waals surface area (Å²) in [5, 5.41) is 0. The molecule has 0 aliphatic heterocycles. The van der Waals surface area contributed by atoms with E-state index in [9.17, 15) is 9.59 Å². The van der Waals surface area contributed by atoms with Gasteiger partial charge in [-0.2, -0.15) is 4.98 Å². The van der Waals surface area contributed by atoms with Crippen LogP contribution in [0.1, 0.15) is 32.6 Å². The fraction of sp³-hybridized carbons (Fsp3) is 0.350. The van der Waals surface area contributed by atoms with E-state index in [0.717, 1.165) is 31.2 Å². The number of imidazole rings is 1. The zero-order chi connectivity index (χ0) is 19.0. The summed E-state index contributed by atoms with van der Waals surface area (Å²) in [6.45, 7) is 2.54. The minimum absolute atomic E-state index is 0.305. The number of hydrogen-bond acceptors (Lipinski definition) is 4. The molecule has 4 rings (SSSR count). The van der Waals surface area contributed by atoms with Crippen LogP contribution < -0.4 is 11.2 Å². The predicted molar refractivity (Wildman–Crippen MR) is 104 cm³/mol. The molecule has 0 spiro atoms. The number of oxazole rings is 1. The zero-order valence-corrected chi connectivity index (χ0v) is 15.5. The molecule has 140 valence electrons. The maximum absolute atomic E-state index is 13.0. The third kappa shape index (κ3) is 2.89. The van der Waals surface area contributed by atoms with Gasteiger partial charge in [0.15, 0.2) is 16.9 Å². The monoisotopic (exact) mass is 366 g/mol. The van der Waals surface area contributed by atoms with Crippen LogP contribution in [-0.2, 0) is 13.6 Å². The third-order valence-electron chi connectivity index (χ3n) is 4.88. The van der Waals surface area contributed by atoms with Gasteiger partial charge in [0.25, 0.3) is 5.56 Å². The maximum Gasteiger partial charge on any atom is 0.332 e. The van der Waals surface area contributed by atoms with Crippen LogP contribution in [0.15, 0.2) is 50.5 Å². The van der Waals surface area contributed by atoms with Gasteiger partial charge in [-0.25, -0.2) is 4.79 Å². The predicted octanol–water partition coefficient (Wildman–Crippen LogP) is 3.19. The highest BCUT2D eigenvalue weighted by atomic mass is 16.4. The molecule has 0 aliphatic rings. The van der Waals surface area contributed by atoms with Crippen LogP contribution in [0.4, 0.5) is 0 Å². The second kappa shape index (κ2) is 6.90. The molecule has 4 aromatic rings. The SMILES string of the molecule is CCCCCCn1c(=O)c2c(nc3oc(-c4ccccc4)cn32)n(C)c1=O. The van der Waals surface area contributed by atoms with Gasteiger partial charge in [-0.3, -0.25) is 18.3 Å². The highest BCUT2D eigenvalue weighted by Crippen LogP contribution is 2.24. The number of hydrogen-bond donors (Lipinski definition) is 0. The van der Waals surface area contributed by atoms with E-state index in [-0.39, 0.29) is 11.2 Å². The summed E-state index contributed by atoms with van der Waals surface area (Å²) in [6.07, 6.45) is 5.75. The molecule has 7 nitrogen and oxygen atoms in total. The van der Waals surface area contributed by atoms with Crippen molar-refractivity contribution < 1.29 is 4.42 Å². The normalized spacial score (nSPS) is 11.6. The van der Waals surface area contributed by atoms with Crippen molar-refractivity contribution in [2.75, 3.05) is 0 Å². The molecule has 0 atom stereocenters. The first-order valence-electron chi connectivity index (χ1n) is 9.28. The number of fused-ring (bicyclic) bond motifs is 3. The van der Waals surface area contributed by atoms with E-state index < -0.39 is 0 Å². The van der Waals surface area contributed by atoms with Crippen molar-refractivity contribution in [1.29, 1.82) is 0 Å². The van der Waals surface area contributed by atoms with Crippen LogP contribution >= 0.6 is 0 Å². The number of aromatic nitrogens is 4. The molecule has 0 saturated heterocycles. The van der Waals surface area contributed by atoms with Crippen LogP contribution in [0.25, 0.3) is 28.3 Å². The average molecular weight is 366 g/mol. The van der Waals surface area contributed by atoms with Crippen LogP contribution in [0.2, 0.25) is 0 Å². The Balaban J connectivity index is 1.86. The lowest BCUT2D eigenvalue weighted by Gasteiger charge is -2.07. The Morgan fingerprint density at radius 1 is 1.07 bits per heavy atom. The van der Waals surface area contributed by atoms with Gasteiger partial charge in [-0.15, -0.1) is 0 Å². The lowest BCUT2D eigenvalue weighted by Crippen LogP contribution is -2.39. The molecule has 0 fully saturated rings. The van der Waals surface area contributed by atoms with E-state index in [0.29, 0.717) is 29.3 Å². The van der Waals surface area contributed by atoms with Crippen molar-refractivity contribution >= 4 is 17.0 Å². The van der Waals surface area contributed by atoms with Gasteiger partial charge >= 0.3 is 11.5 Å². The summed E-state index contributed by atoms with van der Waals surface area (Å²) >= 11 is 0. The summed E-state index contributed by atoms with van der Waals surface area (Å²) in [5.41, 5.74) is 0.952. The minimum Gasteiger partial charge on any atom is -0.423 e. The fourth-order valence-electron chi connectivity index (χ4n) is 3.38. The summed E-state index contributed by atoms with van der Waals surface area (Å²) in [4.78, 5) is 30.0. The Morgan fingerprint density at radius 3 is 2.59 bits per heavy atom. The van der Waals surface area contributed by atoms with Crippen molar-refractivity contribution in [3.05, 3.63) is 57.4 Å². The molecule has 1 aromatic carbocycles. The summed E-state index contributed by atoms with van der Waals surface area (Å²) in [6, 6.07) is 9.64. The van der Waals surface area contributed by atoms with Gasteiger partial charge in [-0.1, -0.05) is 56.5 Å². The number of unbranched alkanes of at least 4 members (excludes halogenated alkanes) is 3. The van der Waals surface area contributed by atoms with E-state index in [4.69, 9.17) is 4.42 Å². The maximum atomic E-state index is 13.0. The second-order valence-corrected chi connectivity index (χ2v) is 6.76. The Morgan fingerprint density at radius 2 is 1.85 bits per heavy atom. The van der Waals surface area contributed by atoms with Gasteiger partial charge in [0.05, 0.1) is 6.20 Å². The van der Waals surface area contributed by atoms with Crippen LogP contribution in [0, 0.1) is 0 Å². The van der Waals surface area contributed by atoms with E-state index in [1.54, 1.807) is 17.6 Å². The molecule has 0 N–H and O–H groups in total. The van der Waals surface area contributed by atoms with Crippen LogP contribution in [-0.4, -0.2) is 18.5 Å². The van der Waals surface area contributed by atoms with Gasteiger partial charge in [0.1, 0.15) is 0 Å². The number of rotatable bonds is 6. The van der Waals surface area contributed by atoms with Crippen molar-refractivity contribution in [3.8, 4) is 11.3 Å². The van der Waals surface area contributed by atoms with Crippen molar-refractivity contribution in [2.45, 2.75) is 39.2 Å². The molecule has 27 heavy (non-hydrogen) atoms. The Kier molecular flexibility index (Phi) is 4.43. The first-order chi connectivity index (χ1) is 13.1. The van der Waals surface area contributed by atoms with Gasteiger partial charge in [-0.05, 0) is 6.42 Å². The lowest BCUT2D eigenvalue weighted by atomic mass is 10.2. The van der Waals surface area contributed by atoms with Gasteiger partial charge in [0.2, 0.25) is 0 Å². The molecule has 0 saturated carbocycles. The first-order valence-corrected chi connectivity index (χ1v) is 9.28. The minimum atomic E-state index is -0.340. The molecule has 3 aromatic heterocycles. The molecule has 0 unspecified atom stereocenters. The largest absolute Gasteiger partial charge is 0.423 e. The van der Waals surface area contributed by atoms with E-state index in [1.165, 1.54) is 9.13 Å². The fourth-order valence-corrected chi connectivity index (χ4v) is 3.38. The third-order valence-corrected chi connectivity index (χ3v) is 4.88. The lowest BCUT2D eigenvalue weighted by molar-refractivity contribution is 0.539.